The zero-order valence-electron chi connectivity index (χ0n) is 12.2. The van der Waals surface area contributed by atoms with Gasteiger partial charge in [0.05, 0.1) is 11.3 Å². The number of benzene rings is 1. The third-order valence-electron chi connectivity index (χ3n) is 3.49. The van der Waals surface area contributed by atoms with E-state index in [1.807, 2.05) is 14.0 Å². The van der Waals surface area contributed by atoms with E-state index in [9.17, 15) is 4.79 Å². The standard InChI is InChI=1S/C16H20N2O/c1-10-6-11(2)14(12(3)7-10)8-16(19)15-9-18(5)17-13(15)4/h6-7,9H,8H2,1-5H3. The van der Waals surface area contributed by atoms with Gasteiger partial charge in [0.2, 0.25) is 0 Å². The lowest BCUT2D eigenvalue weighted by atomic mass is 9.94. The van der Waals surface area contributed by atoms with E-state index >= 15 is 0 Å². The number of Topliss-reactive ketones (excluding diaryl/α,β-unsaturated/α-hetero) is 1. The molecule has 1 heterocycles. The lowest BCUT2D eigenvalue weighted by molar-refractivity contribution is 0.0992. The molecule has 3 heteroatoms. The second-order valence-electron chi connectivity index (χ2n) is 5.28. The van der Waals surface area contributed by atoms with Crippen LogP contribution in [0.3, 0.4) is 0 Å². The van der Waals surface area contributed by atoms with Crippen molar-refractivity contribution < 1.29 is 4.79 Å². The summed E-state index contributed by atoms with van der Waals surface area (Å²) in [5.74, 6) is 0.139. The van der Waals surface area contributed by atoms with Gasteiger partial charge in [0.1, 0.15) is 0 Å². The van der Waals surface area contributed by atoms with Crippen LogP contribution in [-0.2, 0) is 13.5 Å². The normalized spacial score (nSPS) is 10.8. The molecule has 3 nitrogen and oxygen atoms in total. The Morgan fingerprint density at radius 2 is 1.74 bits per heavy atom. The first-order valence-electron chi connectivity index (χ1n) is 6.48. The van der Waals surface area contributed by atoms with Gasteiger partial charge in [-0.1, -0.05) is 17.7 Å². The average Bonchev–Trinajstić information content (AvgIpc) is 2.62. The maximum Gasteiger partial charge on any atom is 0.170 e. The van der Waals surface area contributed by atoms with Gasteiger partial charge < -0.3 is 0 Å². The van der Waals surface area contributed by atoms with Crippen LogP contribution in [0.5, 0.6) is 0 Å². The maximum atomic E-state index is 12.4. The molecule has 0 spiro atoms. The minimum Gasteiger partial charge on any atom is -0.294 e. The zero-order chi connectivity index (χ0) is 14.2. The molecule has 1 aromatic carbocycles. The van der Waals surface area contributed by atoms with Gasteiger partial charge in [-0.15, -0.1) is 0 Å². The Morgan fingerprint density at radius 3 is 2.21 bits per heavy atom. The van der Waals surface area contributed by atoms with Crippen LogP contribution >= 0.6 is 0 Å². The van der Waals surface area contributed by atoms with E-state index in [1.165, 1.54) is 16.7 Å². The van der Waals surface area contributed by atoms with Gasteiger partial charge in [0.15, 0.2) is 5.78 Å². The SMILES string of the molecule is Cc1cc(C)c(CC(=O)c2cn(C)nc2C)c(C)c1. The molecule has 0 radical (unpaired) electrons. The van der Waals surface area contributed by atoms with Gasteiger partial charge in [0.25, 0.3) is 0 Å². The van der Waals surface area contributed by atoms with Crippen molar-refractivity contribution in [3.8, 4) is 0 Å². The quantitative estimate of drug-likeness (QED) is 0.791. The second-order valence-corrected chi connectivity index (χ2v) is 5.28. The number of hydrogen-bond donors (Lipinski definition) is 0. The van der Waals surface area contributed by atoms with Crippen LogP contribution in [0.1, 0.15) is 38.3 Å². The summed E-state index contributed by atoms with van der Waals surface area (Å²) in [4.78, 5) is 12.4. The topological polar surface area (TPSA) is 34.9 Å². The molecule has 1 aromatic heterocycles. The molecule has 2 rings (SSSR count). The molecule has 100 valence electrons. The highest BCUT2D eigenvalue weighted by Crippen LogP contribution is 2.19. The van der Waals surface area contributed by atoms with Crippen molar-refractivity contribution >= 4 is 5.78 Å². The monoisotopic (exact) mass is 256 g/mol. The van der Waals surface area contributed by atoms with Crippen molar-refractivity contribution in [2.75, 3.05) is 0 Å². The summed E-state index contributed by atoms with van der Waals surface area (Å²) in [5.41, 5.74) is 6.28. The second kappa shape index (κ2) is 5.00. The fraction of sp³-hybridized carbons (Fsp3) is 0.375. The van der Waals surface area contributed by atoms with Crippen molar-refractivity contribution in [1.82, 2.24) is 9.78 Å². The number of hydrogen-bond acceptors (Lipinski definition) is 2. The molecular formula is C16H20N2O. The minimum absolute atomic E-state index is 0.139. The molecule has 0 N–H and O–H groups in total. The molecule has 0 amide bonds. The third kappa shape index (κ3) is 2.75. The smallest absolute Gasteiger partial charge is 0.170 e. The predicted octanol–water partition coefficient (Wildman–Crippen LogP) is 3.08. The highest BCUT2D eigenvalue weighted by Gasteiger charge is 2.15. The van der Waals surface area contributed by atoms with E-state index in [0.717, 1.165) is 16.8 Å². The molecule has 0 aliphatic rings. The fourth-order valence-corrected chi connectivity index (χ4v) is 2.62. The van der Waals surface area contributed by atoms with Crippen LogP contribution in [0, 0.1) is 27.7 Å². The number of ketones is 1. The van der Waals surface area contributed by atoms with Gasteiger partial charge in [-0.3, -0.25) is 9.48 Å². The van der Waals surface area contributed by atoms with Gasteiger partial charge in [0, 0.05) is 19.7 Å². The van der Waals surface area contributed by atoms with E-state index in [-0.39, 0.29) is 5.78 Å². The van der Waals surface area contributed by atoms with Crippen molar-refractivity contribution in [2.45, 2.75) is 34.1 Å². The number of carbonyl (C=O) groups is 1. The van der Waals surface area contributed by atoms with E-state index in [0.29, 0.717) is 6.42 Å². The van der Waals surface area contributed by atoms with Gasteiger partial charge in [-0.05, 0) is 44.4 Å². The first-order valence-corrected chi connectivity index (χ1v) is 6.48. The largest absolute Gasteiger partial charge is 0.294 e. The Balaban J connectivity index is 2.32. The van der Waals surface area contributed by atoms with Crippen molar-refractivity contribution in [3.05, 3.63) is 51.8 Å². The van der Waals surface area contributed by atoms with Crippen molar-refractivity contribution in [2.24, 2.45) is 7.05 Å². The van der Waals surface area contributed by atoms with E-state index < -0.39 is 0 Å². The number of carbonyl (C=O) groups excluding carboxylic acids is 1. The lowest BCUT2D eigenvalue weighted by Crippen LogP contribution is -2.07. The molecule has 0 aliphatic carbocycles. The molecule has 0 saturated carbocycles. The molecule has 2 aromatic rings. The average molecular weight is 256 g/mol. The Hall–Kier alpha value is -1.90. The summed E-state index contributed by atoms with van der Waals surface area (Å²) in [5, 5.41) is 4.23. The summed E-state index contributed by atoms with van der Waals surface area (Å²) < 4.78 is 1.69. The summed E-state index contributed by atoms with van der Waals surface area (Å²) >= 11 is 0. The van der Waals surface area contributed by atoms with Crippen LogP contribution < -0.4 is 0 Å². The minimum atomic E-state index is 0.139. The molecule has 0 saturated heterocycles. The van der Waals surface area contributed by atoms with Gasteiger partial charge in [-0.25, -0.2) is 0 Å². The van der Waals surface area contributed by atoms with Crippen LogP contribution in [0.2, 0.25) is 0 Å². The summed E-state index contributed by atoms with van der Waals surface area (Å²) in [6.07, 6.45) is 2.25. The molecule has 0 unspecified atom stereocenters. The van der Waals surface area contributed by atoms with Crippen LogP contribution in [-0.4, -0.2) is 15.6 Å². The number of nitrogens with zero attached hydrogens (tertiary/aromatic N) is 2. The third-order valence-corrected chi connectivity index (χ3v) is 3.49. The van der Waals surface area contributed by atoms with Crippen LogP contribution in [0.15, 0.2) is 18.3 Å². The maximum absolute atomic E-state index is 12.4. The Bertz CT molecular complexity index is 615. The van der Waals surface area contributed by atoms with Gasteiger partial charge >= 0.3 is 0 Å². The molecule has 19 heavy (non-hydrogen) atoms. The molecular weight excluding hydrogens is 236 g/mol. The van der Waals surface area contributed by atoms with Gasteiger partial charge in [-0.2, -0.15) is 5.10 Å². The summed E-state index contributed by atoms with van der Waals surface area (Å²) in [6, 6.07) is 4.26. The molecule has 0 atom stereocenters. The zero-order valence-corrected chi connectivity index (χ0v) is 12.2. The highest BCUT2D eigenvalue weighted by atomic mass is 16.1. The molecule has 0 fully saturated rings. The van der Waals surface area contributed by atoms with E-state index in [2.05, 4.69) is 38.0 Å². The Morgan fingerprint density at radius 1 is 1.16 bits per heavy atom. The number of rotatable bonds is 3. The molecule has 0 aliphatic heterocycles. The fourth-order valence-electron chi connectivity index (χ4n) is 2.62. The highest BCUT2D eigenvalue weighted by molar-refractivity contribution is 5.98. The van der Waals surface area contributed by atoms with E-state index in [4.69, 9.17) is 0 Å². The lowest BCUT2D eigenvalue weighted by Gasteiger charge is -2.10. The van der Waals surface area contributed by atoms with Crippen molar-refractivity contribution in [1.29, 1.82) is 0 Å². The summed E-state index contributed by atoms with van der Waals surface area (Å²) in [6.45, 7) is 8.09. The number of aromatic nitrogens is 2. The number of aryl methyl sites for hydroxylation is 5. The van der Waals surface area contributed by atoms with Crippen molar-refractivity contribution in [3.63, 3.8) is 0 Å². The predicted molar refractivity (Wildman–Crippen MR) is 76.6 cm³/mol. The van der Waals surface area contributed by atoms with Crippen LogP contribution in [0.25, 0.3) is 0 Å². The Kier molecular flexibility index (Phi) is 3.56. The summed E-state index contributed by atoms with van der Waals surface area (Å²) in [7, 11) is 1.84. The Labute approximate surface area is 114 Å². The van der Waals surface area contributed by atoms with Crippen LogP contribution in [0.4, 0.5) is 0 Å². The first kappa shape index (κ1) is 13.5. The van der Waals surface area contributed by atoms with E-state index in [1.54, 1.807) is 10.9 Å². The first-order chi connectivity index (χ1) is 8.88. The molecule has 0 bridgehead atoms.